The average molecular weight is 446 g/mol. The Hall–Kier alpha value is -2.49. The average Bonchev–Trinajstić information content (AvgIpc) is 2.63. The van der Waals surface area contributed by atoms with E-state index >= 15 is 0 Å². The van der Waals surface area contributed by atoms with Crippen LogP contribution >= 0.6 is 35.0 Å². The quantitative estimate of drug-likeness (QED) is 0.295. The van der Waals surface area contributed by atoms with Crippen molar-refractivity contribution in [3.05, 3.63) is 68.2 Å². The first-order valence-electron chi connectivity index (χ1n) is 7.66. The third-order valence-corrected chi connectivity index (χ3v) is 4.42. The minimum Gasteiger partial charge on any atom is -0.546 e. The molecule has 0 saturated heterocycles. The van der Waals surface area contributed by atoms with Crippen LogP contribution in [-0.4, -0.2) is 22.2 Å². The van der Waals surface area contributed by atoms with Crippen molar-refractivity contribution < 1.29 is 25.0 Å². The Morgan fingerprint density at radius 2 is 1.89 bits per heavy atom. The number of rotatable bonds is 6. The zero-order valence-electron chi connectivity index (χ0n) is 14.6. The molecule has 0 bridgehead atoms. The van der Waals surface area contributed by atoms with Crippen molar-refractivity contribution in [2.24, 2.45) is 5.73 Å². The number of aliphatic carboxylic acids is 1. The number of nitro groups is 1. The highest BCUT2D eigenvalue weighted by molar-refractivity contribution is 8.12. The Morgan fingerprint density at radius 3 is 2.36 bits per heavy atom. The summed E-state index contributed by atoms with van der Waals surface area (Å²) in [7, 11) is 0. The van der Waals surface area contributed by atoms with E-state index in [4.69, 9.17) is 39.1 Å². The van der Waals surface area contributed by atoms with Crippen LogP contribution in [-0.2, 0) is 10.5 Å². The summed E-state index contributed by atoms with van der Waals surface area (Å²) >= 11 is 12.7. The molecule has 1 unspecified atom stereocenters. The fraction of sp³-hybridized carbons (Fsp3) is 0.176. The van der Waals surface area contributed by atoms with Crippen molar-refractivity contribution >= 4 is 51.8 Å². The highest BCUT2D eigenvalue weighted by atomic mass is 35.5. The van der Waals surface area contributed by atoms with Gasteiger partial charge in [0.2, 0.25) is 0 Å². The molecule has 11 heteroatoms. The van der Waals surface area contributed by atoms with E-state index in [0.29, 0.717) is 15.9 Å². The molecule has 0 fully saturated rings. The van der Waals surface area contributed by atoms with E-state index < -0.39 is 17.0 Å². The summed E-state index contributed by atoms with van der Waals surface area (Å²) in [6.07, 6.45) is -1.05. The molecule has 0 radical (unpaired) electrons. The van der Waals surface area contributed by atoms with Crippen LogP contribution in [0.2, 0.25) is 10.0 Å². The van der Waals surface area contributed by atoms with Crippen LogP contribution in [0.15, 0.2) is 42.5 Å². The molecule has 0 saturated carbocycles. The summed E-state index contributed by atoms with van der Waals surface area (Å²) in [5.41, 5.74) is 6.31. The molecule has 2 rings (SSSR count). The van der Waals surface area contributed by atoms with Crippen LogP contribution in [0.25, 0.3) is 0 Å². The van der Waals surface area contributed by atoms with Crippen molar-refractivity contribution in [2.45, 2.75) is 18.8 Å². The molecule has 0 aliphatic heterocycles. The number of nitrogens with two attached hydrogens (primary N) is 2. The Kier molecular flexibility index (Phi) is 9.57. The van der Waals surface area contributed by atoms with Crippen molar-refractivity contribution in [3.8, 4) is 5.75 Å². The number of carbonyl (C=O) groups is 1. The maximum Gasteiger partial charge on any atom is 0.300 e. The number of thioether (sulfide) groups is 1. The van der Waals surface area contributed by atoms with Crippen LogP contribution in [0.4, 0.5) is 5.69 Å². The number of non-ortho nitro benzene ring substituents is 1. The standard InChI is InChI=1S/C9H8Cl2O3.C8H9N3O2S/c1-5(9(12)13)14-8-3-2-6(10)4-7(8)11;9-8(10)14-5-6-1-3-7(4-2-6)11(12)13/h2-5H,1H3,(H,12,13);1-4H,5H2,(H3,9,10). The van der Waals surface area contributed by atoms with Crippen molar-refractivity contribution in [2.75, 3.05) is 0 Å². The molecule has 8 nitrogen and oxygen atoms in total. The molecule has 2 aromatic rings. The second-order valence-corrected chi connectivity index (χ2v) is 7.16. The highest BCUT2D eigenvalue weighted by Crippen LogP contribution is 2.28. The van der Waals surface area contributed by atoms with Crippen LogP contribution < -0.4 is 21.0 Å². The van der Waals surface area contributed by atoms with Gasteiger partial charge in [-0.15, -0.1) is 0 Å². The molecular weight excluding hydrogens is 429 g/mol. The minimum atomic E-state index is -1.30. The van der Waals surface area contributed by atoms with E-state index in [-0.39, 0.29) is 16.5 Å². The number of nitrogens with zero attached hydrogens (tertiary/aromatic N) is 1. The van der Waals surface area contributed by atoms with Crippen LogP contribution in [0, 0.1) is 10.1 Å². The van der Waals surface area contributed by atoms with Crippen molar-refractivity contribution in [1.29, 1.82) is 0 Å². The predicted octanol–water partition coefficient (Wildman–Crippen LogP) is 1.41. The summed E-state index contributed by atoms with van der Waals surface area (Å²) in [5, 5.41) is 27.0. The molecule has 0 aliphatic rings. The molecule has 4 N–H and O–H groups in total. The first-order valence-corrected chi connectivity index (χ1v) is 9.41. The van der Waals surface area contributed by atoms with Crippen molar-refractivity contribution in [1.82, 2.24) is 0 Å². The van der Waals surface area contributed by atoms with E-state index in [9.17, 15) is 20.0 Å². The summed E-state index contributed by atoms with van der Waals surface area (Å²) in [6, 6.07) is 10.8. The lowest BCUT2D eigenvalue weighted by Crippen LogP contribution is -2.43. The van der Waals surface area contributed by atoms with Gasteiger partial charge < -0.3 is 14.6 Å². The Balaban J connectivity index is 0.000000280. The summed E-state index contributed by atoms with van der Waals surface area (Å²) in [4.78, 5) is 20.3. The van der Waals surface area contributed by atoms with Gasteiger partial charge >= 0.3 is 0 Å². The smallest absolute Gasteiger partial charge is 0.300 e. The van der Waals surface area contributed by atoms with Gasteiger partial charge in [-0.1, -0.05) is 35.3 Å². The topological polar surface area (TPSA) is 144 Å². The van der Waals surface area contributed by atoms with E-state index in [1.807, 2.05) is 0 Å². The fourth-order valence-electron chi connectivity index (χ4n) is 1.69. The summed E-state index contributed by atoms with van der Waals surface area (Å²) in [5.74, 6) is -0.399. The van der Waals surface area contributed by atoms with E-state index in [1.165, 1.54) is 43.0 Å². The van der Waals surface area contributed by atoms with E-state index in [2.05, 4.69) is 0 Å². The molecule has 1 atom stereocenters. The summed E-state index contributed by atoms with van der Waals surface area (Å²) in [6.45, 7) is 1.36. The lowest BCUT2D eigenvalue weighted by atomic mass is 10.2. The van der Waals surface area contributed by atoms with Gasteiger partial charge in [-0.3, -0.25) is 21.3 Å². The van der Waals surface area contributed by atoms with Crippen LogP contribution in [0.5, 0.6) is 5.75 Å². The van der Waals surface area contributed by atoms with Gasteiger partial charge in [-0.2, -0.15) is 0 Å². The molecular formula is C17H17Cl2N3O5S. The second kappa shape index (κ2) is 11.4. The number of halogens is 2. The van der Waals surface area contributed by atoms with Gasteiger partial charge in [0, 0.05) is 22.9 Å². The predicted molar refractivity (Wildman–Crippen MR) is 107 cm³/mol. The van der Waals surface area contributed by atoms with Gasteiger partial charge in [-0.25, -0.2) is 0 Å². The molecule has 2 aromatic carbocycles. The Bertz CT molecular complexity index is 849. The SMILES string of the molecule is CC(Oc1ccc(Cl)cc1Cl)C(=O)[O-].NC(=[NH2+])SCc1ccc([N+](=O)[O-])cc1. The van der Waals surface area contributed by atoms with Gasteiger partial charge in [0.15, 0.2) is 0 Å². The molecule has 0 aliphatic carbocycles. The maximum absolute atomic E-state index is 10.4. The largest absolute Gasteiger partial charge is 0.546 e. The number of ether oxygens (including phenoxy) is 1. The fourth-order valence-corrected chi connectivity index (χ4v) is 2.67. The zero-order valence-corrected chi connectivity index (χ0v) is 17.0. The van der Waals surface area contributed by atoms with E-state index in [0.717, 1.165) is 5.56 Å². The number of carboxylic acid groups (broad SMARTS) is 1. The minimum absolute atomic E-state index is 0.0865. The Labute approximate surface area is 175 Å². The Morgan fingerprint density at radius 1 is 1.29 bits per heavy atom. The third kappa shape index (κ3) is 8.47. The van der Waals surface area contributed by atoms with Crippen LogP contribution in [0.1, 0.15) is 12.5 Å². The number of carboxylic acids is 1. The lowest BCUT2D eigenvalue weighted by molar-refractivity contribution is -0.384. The van der Waals surface area contributed by atoms with Gasteiger partial charge in [-0.05, 0) is 42.4 Å². The number of nitro benzene ring substituents is 1. The first kappa shape index (κ1) is 23.5. The highest BCUT2D eigenvalue weighted by Gasteiger charge is 2.08. The number of carbonyl (C=O) groups excluding carboxylic acids is 1. The normalized spacial score (nSPS) is 11.0. The molecule has 0 spiro atoms. The number of benzene rings is 2. The molecule has 0 aromatic heterocycles. The van der Waals surface area contributed by atoms with Gasteiger partial charge in [0.25, 0.3) is 10.9 Å². The summed E-state index contributed by atoms with van der Waals surface area (Å²) < 4.78 is 5.01. The third-order valence-electron chi connectivity index (χ3n) is 3.08. The molecule has 0 heterocycles. The maximum atomic E-state index is 10.4. The van der Waals surface area contributed by atoms with E-state index in [1.54, 1.807) is 18.2 Å². The monoisotopic (exact) mass is 445 g/mol. The van der Waals surface area contributed by atoms with Gasteiger partial charge in [0.1, 0.15) is 11.9 Å². The second-order valence-electron chi connectivity index (χ2n) is 5.27. The van der Waals surface area contributed by atoms with Gasteiger partial charge in [0.05, 0.1) is 15.9 Å². The number of hydrogen-bond acceptors (Lipinski definition) is 6. The van der Waals surface area contributed by atoms with Crippen LogP contribution in [0.3, 0.4) is 0 Å². The zero-order chi connectivity index (χ0) is 21.3. The molecule has 28 heavy (non-hydrogen) atoms. The van der Waals surface area contributed by atoms with Crippen molar-refractivity contribution in [3.63, 3.8) is 0 Å². The first-order chi connectivity index (χ1) is 13.1. The molecule has 0 amide bonds. The number of hydrogen-bond donors (Lipinski definition) is 2. The number of amidine groups is 1. The lowest BCUT2D eigenvalue weighted by Gasteiger charge is -2.16. The molecule has 150 valence electrons.